The first-order chi connectivity index (χ1) is 18.9. The van der Waals surface area contributed by atoms with E-state index in [0.717, 1.165) is 29.8 Å². The number of hydrogen-bond acceptors (Lipinski definition) is 8. The molecule has 0 fully saturated rings. The number of fused-ring (bicyclic) bond motifs is 2. The summed E-state index contributed by atoms with van der Waals surface area (Å²) in [7, 11) is 3.66. The van der Waals surface area contributed by atoms with Crippen molar-refractivity contribution in [2.45, 2.75) is 32.2 Å². The minimum absolute atomic E-state index is 0.156. The van der Waals surface area contributed by atoms with Crippen LogP contribution in [0.25, 0.3) is 5.69 Å². The summed E-state index contributed by atoms with van der Waals surface area (Å²) in [6, 6.07) is 16.9. The van der Waals surface area contributed by atoms with E-state index in [9.17, 15) is 4.79 Å². The van der Waals surface area contributed by atoms with E-state index >= 15 is 0 Å². The number of nitrogens with one attached hydrogen (secondary N) is 1. The van der Waals surface area contributed by atoms with Crippen molar-refractivity contribution in [1.82, 2.24) is 25.1 Å². The molecule has 0 unspecified atom stereocenters. The molecule has 200 valence electrons. The number of amides is 1. The average Bonchev–Trinajstić information content (AvgIpc) is 3.62. The molecule has 0 aliphatic carbocycles. The SMILES string of the molecule is COc1c2c(cc3c1[C@H](c1nnnn1-c1cccc(C(=O)Nc4ccc(C(C)C)cc4)c1)N(C)CC3)OCO2. The topological polar surface area (TPSA) is 104 Å². The number of benzene rings is 3. The Bertz CT molecular complexity index is 1530. The molecule has 1 amide bonds. The van der Waals surface area contributed by atoms with Crippen LogP contribution in [0.1, 0.15) is 58.7 Å². The van der Waals surface area contributed by atoms with E-state index in [2.05, 4.69) is 39.6 Å². The molecule has 0 saturated heterocycles. The van der Waals surface area contributed by atoms with Gasteiger partial charge in [-0.1, -0.05) is 32.0 Å². The van der Waals surface area contributed by atoms with Crippen LogP contribution in [0.4, 0.5) is 5.69 Å². The summed E-state index contributed by atoms with van der Waals surface area (Å²) in [4.78, 5) is 15.3. The van der Waals surface area contributed by atoms with E-state index in [1.54, 1.807) is 23.9 Å². The zero-order valence-corrected chi connectivity index (χ0v) is 22.3. The smallest absolute Gasteiger partial charge is 0.255 e. The molecule has 10 heteroatoms. The van der Waals surface area contributed by atoms with E-state index < -0.39 is 0 Å². The van der Waals surface area contributed by atoms with Crippen LogP contribution in [-0.2, 0) is 6.42 Å². The third-order valence-electron chi connectivity index (χ3n) is 7.32. The van der Waals surface area contributed by atoms with Crippen molar-refractivity contribution >= 4 is 11.6 Å². The lowest BCUT2D eigenvalue weighted by atomic mass is 9.90. The summed E-state index contributed by atoms with van der Waals surface area (Å²) in [6.45, 7) is 5.23. The van der Waals surface area contributed by atoms with Gasteiger partial charge in [-0.05, 0) is 77.3 Å². The summed E-state index contributed by atoms with van der Waals surface area (Å²) >= 11 is 0. The highest BCUT2D eigenvalue weighted by atomic mass is 16.7. The molecule has 3 heterocycles. The number of likely N-dealkylation sites (N-methyl/N-ethyl adjacent to an activating group) is 1. The fourth-order valence-electron chi connectivity index (χ4n) is 5.24. The number of nitrogens with zero attached hydrogens (tertiary/aromatic N) is 5. The second-order valence-corrected chi connectivity index (χ2v) is 10.1. The van der Waals surface area contributed by atoms with Gasteiger partial charge in [0.15, 0.2) is 17.3 Å². The third-order valence-corrected chi connectivity index (χ3v) is 7.32. The molecule has 10 nitrogen and oxygen atoms in total. The Morgan fingerprint density at radius 1 is 1.13 bits per heavy atom. The molecule has 0 saturated carbocycles. The summed E-state index contributed by atoms with van der Waals surface area (Å²) in [5, 5.41) is 15.7. The zero-order valence-electron chi connectivity index (χ0n) is 22.3. The first kappa shape index (κ1) is 24.9. The molecule has 39 heavy (non-hydrogen) atoms. The lowest BCUT2D eigenvalue weighted by Crippen LogP contribution is -2.35. The zero-order chi connectivity index (χ0) is 27.1. The van der Waals surface area contributed by atoms with Crippen LogP contribution in [0.5, 0.6) is 17.2 Å². The number of anilines is 1. The Morgan fingerprint density at radius 2 is 1.95 bits per heavy atom. The molecule has 3 aromatic carbocycles. The monoisotopic (exact) mass is 526 g/mol. The van der Waals surface area contributed by atoms with Crippen molar-refractivity contribution < 1.29 is 19.0 Å². The van der Waals surface area contributed by atoms with Crippen LogP contribution in [0, 0.1) is 0 Å². The van der Waals surface area contributed by atoms with Crippen LogP contribution >= 0.6 is 0 Å². The summed E-state index contributed by atoms with van der Waals surface area (Å²) in [6.07, 6.45) is 0.824. The number of aromatic nitrogens is 4. The lowest BCUT2D eigenvalue weighted by Gasteiger charge is -2.34. The molecule has 4 aromatic rings. The minimum Gasteiger partial charge on any atom is -0.492 e. The van der Waals surface area contributed by atoms with Gasteiger partial charge in [0.25, 0.3) is 5.91 Å². The highest BCUT2D eigenvalue weighted by Gasteiger charge is 2.37. The molecular weight excluding hydrogens is 496 g/mol. The van der Waals surface area contributed by atoms with Crippen molar-refractivity contribution in [2.24, 2.45) is 0 Å². The normalized spacial score (nSPS) is 16.3. The van der Waals surface area contributed by atoms with Gasteiger partial charge in [-0.3, -0.25) is 9.69 Å². The standard InChI is InChI=1S/C29H30N6O4/c1-17(2)18-8-10-21(11-9-18)30-29(36)20-6-5-7-22(14-20)35-28(31-32-33-35)25-24-19(12-13-34(25)3)15-23-26(27(24)37-4)39-16-38-23/h5-11,14-15,17,25H,12-13,16H2,1-4H3,(H,30,36)/t25-/m1/s1. The number of tetrazole rings is 1. The number of rotatable bonds is 6. The molecule has 1 aromatic heterocycles. The van der Waals surface area contributed by atoms with E-state index in [4.69, 9.17) is 14.2 Å². The van der Waals surface area contributed by atoms with Crippen LogP contribution in [0.2, 0.25) is 0 Å². The quantitative estimate of drug-likeness (QED) is 0.396. The van der Waals surface area contributed by atoms with Gasteiger partial charge >= 0.3 is 0 Å². The maximum Gasteiger partial charge on any atom is 0.255 e. The van der Waals surface area contributed by atoms with E-state index in [1.165, 1.54) is 5.56 Å². The highest BCUT2D eigenvalue weighted by molar-refractivity contribution is 6.04. The second-order valence-electron chi connectivity index (χ2n) is 10.1. The molecule has 6 rings (SSSR count). The Kier molecular flexibility index (Phi) is 6.40. The van der Waals surface area contributed by atoms with Gasteiger partial charge in [0.2, 0.25) is 12.5 Å². The highest BCUT2D eigenvalue weighted by Crippen LogP contribution is 2.50. The van der Waals surface area contributed by atoms with Gasteiger partial charge in [-0.15, -0.1) is 5.10 Å². The average molecular weight is 527 g/mol. The van der Waals surface area contributed by atoms with Gasteiger partial charge in [0.05, 0.1) is 12.8 Å². The van der Waals surface area contributed by atoms with Crippen LogP contribution in [-0.4, -0.2) is 58.5 Å². The maximum absolute atomic E-state index is 13.1. The minimum atomic E-state index is -0.301. The van der Waals surface area contributed by atoms with Crippen molar-refractivity contribution in [1.29, 1.82) is 0 Å². The molecule has 1 atom stereocenters. The number of carbonyl (C=O) groups excluding carboxylic acids is 1. The summed E-state index contributed by atoms with van der Waals surface area (Å²) < 4.78 is 18.9. The van der Waals surface area contributed by atoms with E-state index in [-0.39, 0.29) is 18.7 Å². The number of ether oxygens (including phenoxy) is 3. The Balaban J connectivity index is 1.34. The van der Waals surface area contributed by atoms with Gasteiger partial charge in [-0.25, -0.2) is 0 Å². The van der Waals surface area contributed by atoms with Crippen LogP contribution in [0.15, 0.2) is 54.6 Å². The van der Waals surface area contributed by atoms with Crippen molar-refractivity contribution in [2.75, 3.05) is 32.8 Å². The van der Waals surface area contributed by atoms with Crippen molar-refractivity contribution in [3.63, 3.8) is 0 Å². The second kappa shape index (κ2) is 10.0. The first-order valence-electron chi connectivity index (χ1n) is 12.9. The molecule has 0 spiro atoms. The van der Waals surface area contributed by atoms with Gasteiger partial charge in [-0.2, -0.15) is 4.68 Å². The first-order valence-corrected chi connectivity index (χ1v) is 12.9. The number of carbonyl (C=O) groups is 1. The Morgan fingerprint density at radius 3 is 2.72 bits per heavy atom. The Labute approximate surface area is 226 Å². The predicted octanol–water partition coefficient (Wildman–Crippen LogP) is 4.35. The maximum atomic E-state index is 13.1. The molecule has 1 N–H and O–H groups in total. The molecule has 0 bridgehead atoms. The fraction of sp³-hybridized carbons (Fsp3) is 0.310. The molecule has 2 aliphatic rings. The molecular formula is C29H30N6O4. The lowest BCUT2D eigenvalue weighted by molar-refractivity contribution is 0.102. The van der Waals surface area contributed by atoms with Crippen molar-refractivity contribution in [3.8, 4) is 22.9 Å². The van der Waals surface area contributed by atoms with Crippen LogP contribution < -0.4 is 19.5 Å². The van der Waals surface area contributed by atoms with Gasteiger partial charge in [0, 0.05) is 23.4 Å². The summed E-state index contributed by atoms with van der Waals surface area (Å²) in [5.41, 5.74) is 5.19. The van der Waals surface area contributed by atoms with Gasteiger partial charge < -0.3 is 19.5 Å². The van der Waals surface area contributed by atoms with E-state index in [0.29, 0.717) is 40.2 Å². The van der Waals surface area contributed by atoms with Crippen molar-refractivity contribution in [3.05, 3.63) is 82.7 Å². The Hall–Kier alpha value is -4.44. The predicted molar refractivity (Wildman–Crippen MR) is 145 cm³/mol. The summed E-state index contributed by atoms with van der Waals surface area (Å²) in [5.74, 6) is 2.73. The third kappa shape index (κ3) is 4.46. The largest absolute Gasteiger partial charge is 0.492 e. The number of hydrogen-bond donors (Lipinski definition) is 1. The van der Waals surface area contributed by atoms with E-state index in [1.807, 2.05) is 49.5 Å². The fourth-order valence-corrected chi connectivity index (χ4v) is 5.24. The van der Waals surface area contributed by atoms with Crippen LogP contribution in [0.3, 0.4) is 0 Å². The van der Waals surface area contributed by atoms with Gasteiger partial charge in [0.1, 0.15) is 6.04 Å². The molecule has 2 aliphatic heterocycles. The number of methoxy groups -OCH3 is 1. The molecule has 0 radical (unpaired) electrons.